The highest BCUT2D eigenvalue weighted by Crippen LogP contribution is 2.27. The Morgan fingerprint density at radius 2 is 2.10 bits per heavy atom. The maximum absolute atomic E-state index is 12.8. The van der Waals surface area contributed by atoms with Crippen molar-refractivity contribution in [3.63, 3.8) is 0 Å². The monoisotopic (exact) mass is 414 g/mol. The first kappa shape index (κ1) is 20.7. The van der Waals surface area contributed by atoms with Gasteiger partial charge in [-0.15, -0.1) is 0 Å². The number of amides is 1. The highest BCUT2D eigenvalue weighted by molar-refractivity contribution is 5.78. The molecule has 0 aromatic carbocycles. The summed E-state index contributed by atoms with van der Waals surface area (Å²) in [5.41, 5.74) is 1.31. The van der Waals surface area contributed by atoms with Gasteiger partial charge in [0, 0.05) is 71.0 Å². The molecule has 2 fully saturated rings. The number of H-pyrrole nitrogens is 1. The van der Waals surface area contributed by atoms with E-state index >= 15 is 0 Å². The van der Waals surface area contributed by atoms with Gasteiger partial charge in [0.05, 0.1) is 24.1 Å². The number of hydrogen-bond acceptors (Lipinski definition) is 7. The Kier molecular flexibility index (Phi) is 6.29. The van der Waals surface area contributed by atoms with Gasteiger partial charge in [0.15, 0.2) is 0 Å². The lowest BCUT2D eigenvalue weighted by atomic mass is 9.93. The van der Waals surface area contributed by atoms with Crippen molar-refractivity contribution in [2.24, 2.45) is 0 Å². The van der Waals surface area contributed by atoms with Crippen LogP contribution in [0.25, 0.3) is 10.9 Å². The number of piperidine rings is 1. The van der Waals surface area contributed by atoms with E-state index in [1.807, 2.05) is 30.0 Å². The molecule has 4 rings (SSSR count). The van der Waals surface area contributed by atoms with Gasteiger partial charge in [0.1, 0.15) is 0 Å². The summed E-state index contributed by atoms with van der Waals surface area (Å²) in [6.45, 7) is 5.47. The number of nitrogens with zero attached hydrogens (tertiary/aromatic N) is 5. The second-order valence-corrected chi connectivity index (χ2v) is 8.30. The largest absolute Gasteiger partial charge is 0.379 e. The number of hydrogen-bond donors (Lipinski definition) is 1. The fourth-order valence-corrected chi connectivity index (χ4v) is 4.18. The molecule has 0 saturated carbocycles. The van der Waals surface area contributed by atoms with Gasteiger partial charge in [-0.05, 0) is 18.9 Å². The Morgan fingerprint density at radius 3 is 2.87 bits per heavy atom. The zero-order valence-electron chi connectivity index (χ0n) is 17.8. The fourth-order valence-electron chi connectivity index (χ4n) is 4.18. The van der Waals surface area contributed by atoms with Crippen molar-refractivity contribution in [3.05, 3.63) is 28.3 Å². The number of ether oxygens (including phenoxy) is 1. The van der Waals surface area contributed by atoms with E-state index in [9.17, 15) is 9.59 Å². The third-order valence-corrected chi connectivity index (χ3v) is 5.96. The quantitative estimate of drug-likeness (QED) is 0.774. The van der Waals surface area contributed by atoms with Crippen molar-refractivity contribution in [1.82, 2.24) is 24.8 Å². The summed E-state index contributed by atoms with van der Waals surface area (Å²) in [6, 6.07) is 1.94. The lowest BCUT2D eigenvalue weighted by Gasteiger charge is -2.34. The minimum Gasteiger partial charge on any atom is -0.379 e. The number of aromatic nitrogens is 3. The molecule has 1 N–H and O–H groups in total. The molecule has 0 aliphatic carbocycles. The van der Waals surface area contributed by atoms with E-state index in [1.54, 1.807) is 6.20 Å². The summed E-state index contributed by atoms with van der Waals surface area (Å²) in [6.07, 6.45) is 3.98. The second-order valence-electron chi connectivity index (χ2n) is 8.30. The second kappa shape index (κ2) is 9.09. The first-order valence-corrected chi connectivity index (χ1v) is 10.7. The number of carbonyl (C=O) groups is 1. The molecule has 2 saturated heterocycles. The Balaban J connectivity index is 1.46. The van der Waals surface area contributed by atoms with E-state index < -0.39 is 0 Å². The van der Waals surface area contributed by atoms with Crippen molar-refractivity contribution in [3.8, 4) is 0 Å². The summed E-state index contributed by atoms with van der Waals surface area (Å²) < 4.78 is 5.37. The predicted octanol–water partition coefficient (Wildman–Crippen LogP) is 0.812. The van der Waals surface area contributed by atoms with Gasteiger partial charge in [-0.25, -0.2) is 9.97 Å². The molecule has 1 amide bonds. The van der Waals surface area contributed by atoms with Crippen molar-refractivity contribution >= 4 is 22.8 Å². The smallest absolute Gasteiger partial charge is 0.259 e. The number of carbonyl (C=O) groups excluding carboxylic acids is 1. The highest BCUT2D eigenvalue weighted by atomic mass is 16.5. The first-order chi connectivity index (χ1) is 14.5. The number of anilines is 1. The predicted molar refractivity (Wildman–Crippen MR) is 115 cm³/mol. The van der Waals surface area contributed by atoms with Gasteiger partial charge in [0.25, 0.3) is 5.56 Å². The first-order valence-electron chi connectivity index (χ1n) is 10.7. The van der Waals surface area contributed by atoms with Crippen molar-refractivity contribution in [2.45, 2.75) is 25.2 Å². The summed E-state index contributed by atoms with van der Waals surface area (Å²) in [5, 5.41) is 0.485. The van der Waals surface area contributed by atoms with Crippen LogP contribution in [-0.2, 0) is 9.53 Å². The van der Waals surface area contributed by atoms with Crippen LogP contribution in [0.15, 0.2) is 17.1 Å². The van der Waals surface area contributed by atoms with Crippen molar-refractivity contribution in [1.29, 1.82) is 0 Å². The fraction of sp³-hybridized carbons (Fsp3) is 0.619. The van der Waals surface area contributed by atoms with E-state index in [0.29, 0.717) is 29.8 Å². The van der Waals surface area contributed by atoms with Crippen molar-refractivity contribution in [2.75, 3.05) is 64.9 Å². The number of pyridine rings is 1. The minimum absolute atomic E-state index is 0.112. The Hall–Kier alpha value is -2.52. The van der Waals surface area contributed by atoms with Crippen LogP contribution < -0.4 is 10.5 Å². The Morgan fingerprint density at radius 1 is 1.30 bits per heavy atom. The van der Waals surface area contributed by atoms with E-state index in [-0.39, 0.29) is 17.4 Å². The van der Waals surface area contributed by atoms with Crippen LogP contribution in [0.5, 0.6) is 0 Å². The SMILES string of the molecule is CN(C)c1ncc2c(=O)[nH]c([C@H]3CCCN(C(=O)CCN4CCOCC4)C3)cc2n1. The maximum atomic E-state index is 12.8. The molecule has 4 heterocycles. The third-order valence-electron chi connectivity index (χ3n) is 5.96. The molecule has 2 aliphatic rings. The lowest BCUT2D eigenvalue weighted by molar-refractivity contribution is -0.133. The van der Waals surface area contributed by atoms with Crippen LogP contribution in [0, 0.1) is 0 Å². The molecule has 0 spiro atoms. The van der Waals surface area contributed by atoms with Gasteiger partial charge >= 0.3 is 0 Å². The van der Waals surface area contributed by atoms with Gasteiger partial charge in [0.2, 0.25) is 11.9 Å². The minimum atomic E-state index is -0.177. The van der Waals surface area contributed by atoms with Gasteiger partial charge in [-0.1, -0.05) is 0 Å². The molecular weight excluding hydrogens is 384 g/mol. The molecule has 9 nitrogen and oxygen atoms in total. The van der Waals surface area contributed by atoms with Crippen molar-refractivity contribution < 1.29 is 9.53 Å². The highest BCUT2D eigenvalue weighted by Gasteiger charge is 2.26. The number of fused-ring (bicyclic) bond motifs is 1. The Labute approximate surface area is 176 Å². The standard InChI is InChI=1S/C21H30N6O3/c1-25(2)21-22-13-16-18(24-21)12-17(23-20(16)29)15-4-3-6-27(14-15)19(28)5-7-26-8-10-30-11-9-26/h12-13,15H,3-11,14H2,1-2H3,(H,23,29)/t15-/m0/s1. The van der Waals surface area contributed by atoms with Crippen LogP contribution in [0.3, 0.4) is 0 Å². The van der Waals surface area contributed by atoms with Crippen LogP contribution in [0.1, 0.15) is 30.9 Å². The van der Waals surface area contributed by atoms with Crippen LogP contribution in [-0.4, -0.2) is 90.7 Å². The molecular formula is C21H30N6O3. The molecule has 2 aromatic rings. The Bertz CT molecular complexity index is 953. The normalized spacial score (nSPS) is 20.5. The van der Waals surface area contributed by atoms with Crippen LogP contribution >= 0.6 is 0 Å². The molecule has 1 atom stereocenters. The molecule has 9 heteroatoms. The summed E-state index contributed by atoms with van der Waals surface area (Å²) >= 11 is 0. The van der Waals surface area contributed by atoms with Crippen LogP contribution in [0.4, 0.5) is 5.95 Å². The zero-order chi connectivity index (χ0) is 21.1. The molecule has 0 bridgehead atoms. The zero-order valence-corrected chi connectivity index (χ0v) is 17.8. The van der Waals surface area contributed by atoms with E-state index in [4.69, 9.17) is 4.74 Å². The lowest BCUT2D eigenvalue weighted by Crippen LogP contribution is -2.42. The van der Waals surface area contributed by atoms with E-state index in [2.05, 4.69) is 19.9 Å². The van der Waals surface area contributed by atoms with Gasteiger partial charge in [-0.2, -0.15) is 0 Å². The molecule has 0 unspecified atom stereocenters. The summed E-state index contributed by atoms with van der Waals surface area (Å²) in [7, 11) is 3.74. The number of morpholine rings is 1. The number of rotatable bonds is 5. The van der Waals surface area contributed by atoms with E-state index in [1.165, 1.54) is 0 Å². The summed E-state index contributed by atoms with van der Waals surface area (Å²) in [5.74, 6) is 0.870. The molecule has 2 aliphatic heterocycles. The molecule has 0 radical (unpaired) electrons. The average Bonchev–Trinajstić information content (AvgIpc) is 2.77. The maximum Gasteiger partial charge on any atom is 0.259 e. The molecule has 2 aromatic heterocycles. The topological polar surface area (TPSA) is 94.7 Å². The van der Waals surface area contributed by atoms with E-state index in [0.717, 1.165) is 57.9 Å². The van der Waals surface area contributed by atoms with Gasteiger partial charge < -0.3 is 19.5 Å². The number of nitrogens with one attached hydrogen (secondary N) is 1. The average molecular weight is 415 g/mol. The number of aromatic amines is 1. The number of likely N-dealkylation sites (tertiary alicyclic amines) is 1. The molecule has 30 heavy (non-hydrogen) atoms. The van der Waals surface area contributed by atoms with Crippen LogP contribution in [0.2, 0.25) is 0 Å². The van der Waals surface area contributed by atoms with Gasteiger partial charge in [-0.3, -0.25) is 14.5 Å². The molecule has 162 valence electrons. The summed E-state index contributed by atoms with van der Waals surface area (Å²) in [4.78, 5) is 43.2. The third kappa shape index (κ3) is 4.62.